The standard InChI is InChI=1S/C17H18FN5O2/c18-14-6-12-2-1-3-20-17(12)13(7-14)8-21-15-9-22-23(10-15)11-16(25)19-4-5-24/h1-3,6-7,9-10,21,24H,4-5,8,11H2,(H,19,25). The van der Waals surface area contributed by atoms with Crippen molar-refractivity contribution in [2.75, 3.05) is 18.5 Å². The molecule has 0 aliphatic carbocycles. The van der Waals surface area contributed by atoms with Gasteiger partial charge in [0.15, 0.2) is 0 Å². The van der Waals surface area contributed by atoms with E-state index in [2.05, 4.69) is 20.7 Å². The molecular weight excluding hydrogens is 325 g/mol. The first-order valence-corrected chi connectivity index (χ1v) is 7.83. The first kappa shape index (κ1) is 16.8. The third kappa shape index (κ3) is 4.30. The Kier molecular flexibility index (Phi) is 5.20. The van der Waals surface area contributed by atoms with E-state index in [1.165, 1.54) is 16.8 Å². The second kappa shape index (κ2) is 7.71. The molecule has 1 aromatic carbocycles. The predicted molar refractivity (Wildman–Crippen MR) is 91.4 cm³/mol. The molecule has 8 heteroatoms. The number of rotatable bonds is 7. The first-order chi connectivity index (χ1) is 12.2. The molecule has 3 rings (SSSR count). The summed E-state index contributed by atoms with van der Waals surface area (Å²) in [6.07, 6.45) is 4.95. The number of amides is 1. The molecule has 0 fully saturated rings. The molecule has 0 unspecified atom stereocenters. The largest absolute Gasteiger partial charge is 0.395 e. The number of benzene rings is 1. The summed E-state index contributed by atoms with van der Waals surface area (Å²) in [6, 6.07) is 6.49. The maximum Gasteiger partial charge on any atom is 0.241 e. The Morgan fingerprint density at radius 3 is 3.08 bits per heavy atom. The smallest absolute Gasteiger partial charge is 0.241 e. The highest BCUT2D eigenvalue weighted by Crippen LogP contribution is 2.19. The van der Waals surface area contributed by atoms with Crippen LogP contribution < -0.4 is 10.6 Å². The van der Waals surface area contributed by atoms with Gasteiger partial charge in [0.2, 0.25) is 5.91 Å². The van der Waals surface area contributed by atoms with Crippen molar-refractivity contribution in [1.29, 1.82) is 0 Å². The second-order valence-corrected chi connectivity index (χ2v) is 5.49. The molecule has 7 nitrogen and oxygen atoms in total. The quantitative estimate of drug-likeness (QED) is 0.601. The van der Waals surface area contributed by atoms with E-state index in [1.54, 1.807) is 24.7 Å². The number of nitrogens with one attached hydrogen (secondary N) is 2. The lowest BCUT2D eigenvalue weighted by molar-refractivity contribution is -0.122. The summed E-state index contributed by atoms with van der Waals surface area (Å²) >= 11 is 0. The summed E-state index contributed by atoms with van der Waals surface area (Å²) in [5, 5.41) is 19.2. The van der Waals surface area contributed by atoms with Gasteiger partial charge >= 0.3 is 0 Å². The maximum absolute atomic E-state index is 13.7. The highest BCUT2D eigenvalue weighted by Gasteiger charge is 2.07. The van der Waals surface area contributed by atoms with E-state index < -0.39 is 0 Å². The lowest BCUT2D eigenvalue weighted by atomic mass is 10.1. The fourth-order valence-corrected chi connectivity index (χ4v) is 2.50. The van der Waals surface area contributed by atoms with Gasteiger partial charge in [-0.3, -0.25) is 14.5 Å². The predicted octanol–water partition coefficient (Wildman–Crippen LogP) is 1.29. The number of anilines is 1. The Hall–Kier alpha value is -3.00. The van der Waals surface area contributed by atoms with Crippen molar-refractivity contribution < 1.29 is 14.3 Å². The van der Waals surface area contributed by atoms with Gasteiger partial charge in [-0.25, -0.2) is 4.39 Å². The zero-order valence-corrected chi connectivity index (χ0v) is 13.4. The molecule has 2 heterocycles. The molecule has 3 N–H and O–H groups in total. The Labute approximate surface area is 143 Å². The van der Waals surface area contributed by atoms with Crippen LogP contribution in [0, 0.1) is 5.82 Å². The van der Waals surface area contributed by atoms with Crippen molar-refractivity contribution >= 4 is 22.5 Å². The summed E-state index contributed by atoms with van der Waals surface area (Å²) in [5.41, 5.74) is 2.19. The van der Waals surface area contributed by atoms with Gasteiger partial charge in [-0.05, 0) is 18.2 Å². The number of hydrogen-bond donors (Lipinski definition) is 3. The Balaban J connectivity index is 1.66. The minimum absolute atomic E-state index is 0.0616. The minimum atomic E-state index is -0.312. The minimum Gasteiger partial charge on any atom is -0.395 e. The van der Waals surface area contributed by atoms with E-state index >= 15 is 0 Å². The van der Waals surface area contributed by atoms with Crippen LogP contribution >= 0.6 is 0 Å². The van der Waals surface area contributed by atoms with Gasteiger partial charge in [0.1, 0.15) is 12.4 Å². The lowest BCUT2D eigenvalue weighted by Crippen LogP contribution is -2.30. The molecule has 0 atom stereocenters. The molecule has 2 aromatic heterocycles. The normalized spacial score (nSPS) is 10.8. The van der Waals surface area contributed by atoms with Crippen LogP contribution in [0.2, 0.25) is 0 Å². The molecule has 130 valence electrons. The molecule has 0 bridgehead atoms. The van der Waals surface area contributed by atoms with E-state index in [0.29, 0.717) is 12.2 Å². The van der Waals surface area contributed by atoms with Crippen molar-refractivity contribution in [1.82, 2.24) is 20.1 Å². The van der Waals surface area contributed by atoms with Crippen LogP contribution in [0.25, 0.3) is 10.9 Å². The molecule has 1 amide bonds. The van der Waals surface area contributed by atoms with E-state index in [-0.39, 0.29) is 31.4 Å². The van der Waals surface area contributed by atoms with Crippen molar-refractivity contribution in [3.63, 3.8) is 0 Å². The number of pyridine rings is 1. The number of hydrogen-bond acceptors (Lipinski definition) is 5. The van der Waals surface area contributed by atoms with Crippen LogP contribution in [0.4, 0.5) is 10.1 Å². The highest BCUT2D eigenvalue weighted by atomic mass is 19.1. The van der Waals surface area contributed by atoms with Gasteiger partial charge in [0.05, 0.1) is 24.0 Å². The van der Waals surface area contributed by atoms with Crippen LogP contribution in [-0.4, -0.2) is 38.9 Å². The summed E-state index contributed by atoms with van der Waals surface area (Å²) < 4.78 is 15.2. The highest BCUT2D eigenvalue weighted by molar-refractivity contribution is 5.82. The first-order valence-electron chi connectivity index (χ1n) is 7.83. The monoisotopic (exact) mass is 343 g/mol. The molecule has 0 spiro atoms. The molecule has 25 heavy (non-hydrogen) atoms. The SMILES string of the molecule is O=C(Cn1cc(NCc2cc(F)cc3cccnc23)cn1)NCCO. The fourth-order valence-electron chi connectivity index (χ4n) is 2.50. The van der Waals surface area contributed by atoms with Crippen molar-refractivity contribution in [2.45, 2.75) is 13.1 Å². The summed E-state index contributed by atoms with van der Waals surface area (Å²) in [5.74, 6) is -0.544. The van der Waals surface area contributed by atoms with Gasteiger partial charge < -0.3 is 15.7 Å². The summed E-state index contributed by atoms with van der Waals surface area (Å²) in [7, 11) is 0. The van der Waals surface area contributed by atoms with Crippen molar-refractivity contribution in [2.24, 2.45) is 0 Å². The van der Waals surface area contributed by atoms with Crippen LogP contribution in [0.3, 0.4) is 0 Å². The number of fused-ring (bicyclic) bond motifs is 1. The van der Waals surface area contributed by atoms with E-state index in [4.69, 9.17) is 5.11 Å². The van der Waals surface area contributed by atoms with Crippen molar-refractivity contribution in [3.8, 4) is 0 Å². The number of halogens is 1. The van der Waals surface area contributed by atoms with Crippen LogP contribution in [0.15, 0.2) is 42.9 Å². The molecule has 3 aromatic rings. The average molecular weight is 343 g/mol. The van der Waals surface area contributed by atoms with E-state index in [0.717, 1.165) is 16.5 Å². The summed E-state index contributed by atoms with van der Waals surface area (Å²) in [4.78, 5) is 15.9. The zero-order chi connectivity index (χ0) is 17.6. The molecule has 0 aliphatic rings. The molecule has 0 radical (unpaired) electrons. The lowest BCUT2D eigenvalue weighted by Gasteiger charge is -2.07. The van der Waals surface area contributed by atoms with E-state index in [1.807, 2.05) is 6.07 Å². The average Bonchev–Trinajstić information content (AvgIpc) is 3.05. The van der Waals surface area contributed by atoms with Crippen LogP contribution in [0.5, 0.6) is 0 Å². The number of carbonyl (C=O) groups is 1. The third-order valence-electron chi connectivity index (χ3n) is 3.60. The topological polar surface area (TPSA) is 92.1 Å². The number of aliphatic hydroxyl groups is 1. The van der Waals surface area contributed by atoms with Gasteiger partial charge in [0.25, 0.3) is 0 Å². The summed E-state index contributed by atoms with van der Waals surface area (Å²) in [6.45, 7) is 0.554. The molecular formula is C17H18FN5O2. The maximum atomic E-state index is 13.7. The molecule has 0 aliphatic heterocycles. The third-order valence-corrected chi connectivity index (χ3v) is 3.60. The number of aromatic nitrogens is 3. The molecule has 0 saturated heterocycles. The van der Waals surface area contributed by atoms with E-state index in [9.17, 15) is 9.18 Å². The van der Waals surface area contributed by atoms with Gasteiger partial charge in [0, 0.05) is 36.4 Å². The van der Waals surface area contributed by atoms with Gasteiger partial charge in [-0.15, -0.1) is 0 Å². The van der Waals surface area contributed by atoms with Gasteiger partial charge in [-0.2, -0.15) is 5.10 Å². The van der Waals surface area contributed by atoms with Crippen molar-refractivity contribution in [3.05, 3.63) is 54.2 Å². The second-order valence-electron chi connectivity index (χ2n) is 5.49. The Morgan fingerprint density at radius 1 is 1.36 bits per heavy atom. The van der Waals surface area contributed by atoms with Gasteiger partial charge in [-0.1, -0.05) is 6.07 Å². The fraction of sp³-hybridized carbons (Fsp3) is 0.235. The van der Waals surface area contributed by atoms with Crippen LogP contribution in [-0.2, 0) is 17.9 Å². The number of nitrogens with zero attached hydrogens (tertiary/aromatic N) is 3. The Morgan fingerprint density at radius 2 is 2.24 bits per heavy atom. The number of aliphatic hydroxyl groups excluding tert-OH is 1. The number of carbonyl (C=O) groups excluding carboxylic acids is 1. The Bertz CT molecular complexity index is 880. The van der Waals surface area contributed by atoms with Crippen LogP contribution in [0.1, 0.15) is 5.56 Å². The molecule has 0 saturated carbocycles. The zero-order valence-electron chi connectivity index (χ0n) is 13.4.